The Morgan fingerprint density at radius 2 is 2.22 bits per heavy atom. The Labute approximate surface area is 54.5 Å². The van der Waals surface area contributed by atoms with Crippen LogP contribution in [0.1, 0.15) is 13.3 Å². The van der Waals surface area contributed by atoms with Gasteiger partial charge in [-0.25, -0.2) is 0 Å². The van der Waals surface area contributed by atoms with Gasteiger partial charge in [0.15, 0.2) is 0 Å². The Kier molecular flexibility index (Phi) is 4.49. The van der Waals surface area contributed by atoms with Crippen LogP contribution in [0.3, 0.4) is 0 Å². The van der Waals surface area contributed by atoms with E-state index in [1.165, 1.54) is 0 Å². The molecule has 0 saturated carbocycles. The van der Waals surface area contributed by atoms with Crippen molar-refractivity contribution in [3.05, 3.63) is 0 Å². The molecule has 0 heterocycles. The summed E-state index contributed by atoms with van der Waals surface area (Å²) in [6.45, 7) is 2.00. The van der Waals surface area contributed by atoms with Crippen LogP contribution >= 0.6 is 0 Å². The Hall–Kier alpha value is -1.06. The van der Waals surface area contributed by atoms with Crippen LogP contribution in [0, 0.1) is 22.7 Å². The standard InChI is InChI=1S/C6H8N2O/c1-6(5-8)9-4-2-3-7/h6H,2,4H2,1H3. The highest BCUT2D eigenvalue weighted by molar-refractivity contribution is 4.79. The zero-order valence-corrected chi connectivity index (χ0v) is 5.29. The average Bonchev–Trinajstić information content (AvgIpc) is 1.89. The zero-order valence-electron chi connectivity index (χ0n) is 5.29. The molecule has 0 saturated heterocycles. The van der Waals surface area contributed by atoms with Crippen molar-refractivity contribution in [3.63, 3.8) is 0 Å². The van der Waals surface area contributed by atoms with E-state index in [4.69, 9.17) is 15.3 Å². The maximum atomic E-state index is 8.18. The summed E-state index contributed by atoms with van der Waals surface area (Å²) in [5.41, 5.74) is 0. The molecule has 0 aliphatic carbocycles. The van der Waals surface area contributed by atoms with Gasteiger partial charge in [0, 0.05) is 0 Å². The maximum absolute atomic E-state index is 8.18. The first-order valence-corrected chi connectivity index (χ1v) is 2.69. The summed E-state index contributed by atoms with van der Waals surface area (Å²) in [6.07, 6.45) is -0.0372. The lowest BCUT2D eigenvalue weighted by Gasteiger charge is -1.99. The van der Waals surface area contributed by atoms with Crippen LogP contribution in [-0.2, 0) is 4.74 Å². The van der Waals surface area contributed by atoms with Gasteiger partial charge in [-0.2, -0.15) is 10.5 Å². The normalized spacial score (nSPS) is 11.4. The van der Waals surface area contributed by atoms with Gasteiger partial charge in [0.1, 0.15) is 6.10 Å². The first-order chi connectivity index (χ1) is 4.31. The van der Waals surface area contributed by atoms with Gasteiger partial charge in [-0.1, -0.05) is 0 Å². The summed E-state index contributed by atoms with van der Waals surface area (Å²) in [5.74, 6) is 0. The predicted octanol–water partition coefficient (Wildman–Crippen LogP) is 0.829. The second kappa shape index (κ2) is 5.08. The number of nitrogens with zero attached hydrogens (tertiary/aromatic N) is 2. The molecule has 0 bridgehead atoms. The Bertz CT molecular complexity index is 142. The van der Waals surface area contributed by atoms with Gasteiger partial charge in [0.2, 0.25) is 0 Å². The minimum Gasteiger partial charge on any atom is -0.363 e. The second-order valence-corrected chi connectivity index (χ2v) is 1.55. The SMILES string of the molecule is CC(C#N)OCCC#N. The molecular weight excluding hydrogens is 116 g/mol. The summed E-state index contributed by atoms with van der Waals surface area (Å²) in [4.78, 5) is 0. The molecule has 1 unspecified atom stereocenters. The number of ether oxygens (including phenoxy) is 1. The van der Waals surface area contributed by atoms with E-state index in [0.717, 1.165) is 0 Å². The highest BCUT2D eigenvalue weighted by Gasteiger charge is 1.95. The smallest absolute Gasteiger partial charge is 0.141 e. The van der Waals surface area contributed by atoms with Crippen LogP contribution in [0.2, 0.25) is 0 Å². The maximum Gasteiger partial charge on any atom is 0.141 e. The van der Waals surface area contributed by atoms with Gasteiger partial charge in [0.05, 0.1) is 25.2 Å². The minimum absolute atomic E-state index is 0.352. The number of nitriles is 2. The van der Waals surface area contributed by atoms with E-state index in [1.807, 2.05) is 12.1 Å². The lowest BCUT2D eigenvalue weighted by atomic mass is 10.4. The monoisotopic (exact) mass is 124 g/mol. The average molecular weight is 124 g/mol. The van der Waals surface area contributed by atoms with Crippen molar-refractivity contribution in [3.8, 4) is 12.1 Å². The van der Waals surface area contributed by atoms with Gasteiger partial charge in [-0.3, -0.25) is 0 Å². The van der Waals surface area contributed by atoms with Crippen LogP contribution < -0.4 is 0 Å². The summed E-state index contributed by atoms with van der Waals surface area (Å²) in [7, 11) is 0. The van der Waals surface area contributed by atoms with Crippen LogP contribution in [0.4, 0.5) is 0 Å². The van der Waals surface area contributed by atoms with Crippen molar-refractivity contribution in [2.75, 3.05) is 6.61 Å². The molecule has 0 radical (unpaired) electrons. The van der Waals surface area contributed by atoms with E-state index in [0.29, 0.717) is 13.0 Å². The Balaban J connectivity index is 3.12. The van der Waals surface area contributed by atoms with E-state index in [1.54, 1.807) is 6.92 Å². The molecule has 9 heavy (non-hydrogen) atoms. The summed E-state index contributed by atoms with van der Waals surface area (Å²) >= 11 is 0. The Morgan fingerprint density at radius 1 is 1.56 bits per heavy atom. The molecule has 0 N–H and O–H groups in total. The molecular formula is C6H8N2O. The summed E-state index contributed by atoms with van der Waals surface area (Å²) < 4.78 is 4.85. The summed E-state index contributed by atoms with van der Waals surface area (Å²) in [5, 5.41) is 16.2. The van der Waals surface area contributed by atoms with Crippen molar-refractivity contribution in [2.45, 2.75) is 19.4 Å². The molecule has 0 aliphatic rings. The number of rotatable bonds is 3. The van der Waals surface area contributed by atoms with Crippen molar-refractivity contribution < 1.29 is 4.74 Å². The van der Waals surface area contributed by atoms with Gasteiger partial charge in [0.25, 0.3) is 0 Å². The third kappa shape index (κ3) is 4.80. The molecule has 0 fully saturated rings. The summed E-state index contributed by atoms with van der Waals surface area (Å²) in [6, 6.07) is 3.80. The quantitative estimate of drug-likeness (QED) is 0.523. The second-order valence-electron chi connectivity index (χ2n) is 1.55. The molecule has 0 amide bonds. The van der Waals surface area contributed by atoms with E-state index in [9.17, 15) is 0 Å². The van der Waals surface area contributed by atoms with E-state index >= 15 is 0 Å². The van der Waals surface area contributed by atoms with Crippen molar-refractivity contribution in [1.82, 2.24) is 0 Å². The third-order valence-electron chi connectivity index (χ3n) is 0.764. The van der Waals surface area contributed by atoms with Crippen LogP contribution in [0.25, 0.3) is 0 Å². The first-order valence-electron chi connectivity index (χ1n) is 2.69. The number of hydrogen-bond donors (Lipinski definition) is 0. The highest BCUT2D eigenvalue weighted by atomic mass is 16.5. The fourth-order valence-corrected chi connectivity index (χ4v) is 0.319. The molecule has 48 valence electrons. The largest absolute Gasteiger partial charge is 0.363 e. The van der Waals surface area contributed by atoms with Gasteiger partial charge in [-0.05, 0) is 6.92 Å². The molecule has 3 heteroatoms. The molecule has 0 spiro atoms. The van der Waals surface area contributed by atoms with Crippen molar-refractivity contribution >= 4 is 0 Å². The van der Waals surface area contributed by atoms with Crippen LogP contribution in [-0.4, -0.2) is 12.7 Å². The van der Waals surface area contributed by atoms with Crippen LogP contribution in [0.5, 0.6) is 0 Å². The minimum atomic E-state index is -0.390. The van der Waals surface area contributed by atoms with E-state index < -0.39 is 6.10 Å². The molecule has 0 aliphatic heterocycles. The lowest BCUT2D eigenvalue weighted by molar-refractivity contribution is 0.107. The van der Waals surface area contributed by atoms with Crippen molar-refractivity contribution in [2.24, 2.45) is 0 Å². The highest BCUT2D eigenvalue weighted by Crippen LogP contribution is 1.88. The topological polar surface area (TPSA) is 56.8 Å². The predicted molar refractivity (Wildman–Crippen MR) is 31.3 cm³/mol. The zero-order chi connectivity index (χ0) is 7.11. The van der Waals surface area contributed by atoms with Gasteiger partial charge >= 0.3 is 0 Å². The Morgan fingerprint density at radius 3 is 2.67 bits per heavy atom. The lowest BCUT2D eigenvalue weighted by Crippen LogP contribution is -2.04. The van der Waals surface area contributed by atoms with Crippen molar-refractivity contribution in [1.29, 1.82) is 10.5 Å². The van der Waals surface area contributed by atoms with E-state index in [2.05, 4.69) is 0 Å². The molecule has 0 aromatic heterocycles. The van der Waals surface area contributed by atoms with Gasteiger partial charge in [-0.15, -0.1) is 0 Å². The third-order valence-corrected chi connectivity index (χ3v) is 0.764. The molecule has 0 rings (SSSR count). The fraction of sp³-hybridized carbons (Fsp3) is 0.667. The fourth-order valence-electron chi connectivity index (χ4n) is 0.319. The van der Waals surface area contributed by atoms with Crippen LogP contribution in [0.15, 0.2) is 0 Å². The molecule has 0 aromatic rings. The van der Waals surface area contributed by atoms with Gasteiger partial charge < -0.3 is 4.74 Å². The molecule has 3 nitrogen and oxygen atoms in total. The molecule has 1 atom stereocenters. The molecule has 0 aromatic carbocycles. The number of hydrogen-bond acceptors (Lipinski definition) is 3. The first kappa shape index (κ1) is 7.94. The van der Waals surface area contributed by atoms with E-state index in [-0.39, 0.29) is 0 Å².